The van der Waals surface area contributed by atoms with Crippen LogP contribution < -0.4 is 0 Å². The third kappa shape index (κ3) is 2.24. The first-order chi connectivity index (χ1) is 10.7. The second-order valence-electron chi connectivity index (χ2n) is 4.98. The van der Waals surface area contributed by atoms with Crippen LogP contribution in [-0.4, -0.2) is 14.5 Å². The first-order valence-corrected chi connectivity index (χ1v) is 9.51. The monoisotopic (exact) mass is 343 g/mol. The number of rotatable bonds is 3. The number of aromatic nitrogens is 3. The largest absolute Gasteiger partial charge is 0.294 e. The molecular weight excluding hydrogens is 330 g/mol. The average Bonchev–Trinajstić information content (AvgIpc) is 3.26. The van der Waals surface area contributed by atoms with Crippen molar-refractivity contribution in [2.45, 2.75) is 13.8 Å². The minimum Gasteiger partial charge on any atom is -0.294 e. The molecule has 0 bridgehead atoms. The van der Waals surface area contributed by atoms with Crippen molar-refractivity contribution in [2.75, 3.05) is 0 Å². The van der Waals surface area contributed by atoms with Crippen LogP contribution in [0.1, 0.15) is 11.4 Å². The summed E-state index contributed by atoms with van der Waals surface area (Å²) in [5.41, 5.74) is 5.81. The lowest BCUT2D eigenvalue weighted by atomic mass is 10.2. The van der Waals surface area contributed by atoms with Crippen LogP contribution in [0.15, 0.2) is 39.8 Å². The van der Waals surface area contributed by atoms with Crippen LogP contribution >= 0.6 is 34.0 Å². The lowest BCUT2D eigenvalue weighted by Crippen LogP contribution is -1.97. The maximum Gasteiger partial charge on any atom is 0.193 e. The highest BCUT2D eigenvalue weighted by Crippen LogP contribution is 2.34. The smallest absolute Gasteiger partial charge is 0.193 e. The summed E-state index contributed by atoms with van der Waals surface area (Å²) >= 11 is 5.05. The van der Waals surface area contributed by atoms with Crippen molar-refractivity contribution in [3.63, 3.8) is 0 Å². The maximum atomic E-state index is 4.81. The Labute approximate surface area is 140 Å². The summed E-state index contributed by atoms with van der Waals surface area (Å²) in [5, 5.41) is 10.5. The number of nitrogens with zero attached hydrogens (tertiary/aromatic N) is 3. The zero-order chi connectivity index (χ0) is 15.1. The molecule has 3 nitrogen and oxygen atoms in total. The van der Waals surface area contributed by atoms with Crippen molar-refractivity contribution in [2.24, 2.45) is 0 Å². The predicted molar refractivity (Wildman–Crippen MR) is 95.3 cm³/mol. The number of thiazole rings is 2. The van der Waals surface area contributed by atoms with E-state index in [0.29, 0.717) is 0 Å². The van der Waals surface area contributed by atoms with Crippen LogP contribution in [0.3, 0.4) is 0 Å². The lowest BCUT2D eigenvalue weighted by Gasteiger charge is -2.04. The van der Waals surface area contributed by atoms with Crippen LogP contribution in [0, 0.1) is 13.8 Å². The first kappa shape index (κ1) is 13.9. The Kier molecular flexibility index (Phi) is 3.44. The van der Waals surface area contributed by atoms with E-state index in [9.17, 15) is 0 Å². The zero-order valence-corrected chi connectivity index (χ0v) is 14.6. The summed E-state index contributed by atoms with van der Waals surface area (Å²) in [7, 11) is 0. The molecule has 0 saturated carbocycles. The fourth-order valence-corrected chi connectivity index (χ4v) is 4.84. The molecule has 0 N–H and O–H groups in total. The van der Waals surface area contributed by atoms with Gasteiger partial charge in [0.1, 0.15) is 5.01 Å². The minimum atomic E-state index is 1.01. The quantitative estimate of drug-likeness (QED) is 0.498. The standard InChI is InChI=1S/C16H13N3S3/c1-10-7-13(11(2)19(10)16-17-4-6-21-16)14-9-22-15(18-14)12-3-5-20-8-12/h3-9H,1-2H3. The molecule has 0 aliphatic carbocycles. The summed E-state index contributed by atoms with van der Waals surface area (Å²) in [4.78, 5) is 9.24. The van der Waals surface area contributed by atoms with E-state index in [2.05, 4.69) is 51.7 Å². The van der Waals surface area contributed by atoms with E-state index in [1.807, 2.05) is 11.6 Å². The molecule has 22 heavy (non-hydrogen) atoms. The van der Waals surface area contributed by atoms with Gasteiger partial charge < -0.3 is 0 Å². The molecule has 0 atom stereocenters. The van der Waals surface area contributed by atoms with Gasteiger partial charge in [0.15, 0.2) is 5.13 Å². The topological polar surface area (TPSA) is 30.7 Å². The van der Waals surface area contributed by atoms with Gasteiger partial charge >= 0.3 is 0 Å². The summed E-state index contributed by atoms with van der Waals surface area (Å²) in [5.74, 6) is 0. The molecule has 6 heteroatoms. The fraction of sp³-hybridized carbons (Fsp3) is 0.125. The van der Waals surface area contributed by atoms with Crippen LogP contribution in [-0.2, 0) is 0 Å². The fourth-order valence-electron chi connectivity index (χ4n) is 2.56. The second kappa shape index (κ2) is 5.46. The molecule has 0 aromatic carbocycles. The van der Waals surface area contributed by atoms with E-state index < -0.39 is 0 Å². The van der Waals surface area contributed by atoms with E-state index in [0.717, 1.165) is 15.8 Å². The first-order valence-electron chi connectivity index (χ1n) is 6.81. The van der Waals surface area contributed by atoms with Gasteiger partial charge in [0, 0.05) is 44.9 Å². The summed E-state index contributed by atoms with van der Waals surface area (Å²) < 4.78 is 2.20. The minimum absolute atomic E-state index is 1.01. The van der Waals surface area contributed by atoms with E-state index in [1.54, 1.807) is 34.0 Å². The molecule has 0 amide bonds. The maximum absolute atomic E-state index is 4.81. The number of hydrogen-bond donors (Lipinski definition) is 0. The molecule has 0 aliphatic rings. The average molecular weight is 344 g/mol. The molecule has 0 fully saturated rings. The molecule has 110 valence electrons. The molecular formula is C16H13N3S3. The van der Waals surface area contributed by atoms with Crippen LogP contribution in [0.25, 0.3) is 27.0 Å². The Balaban J connectivity index is 1.80. The van der Waals surface area contributed by atoms with Crippen LogP contribution in [0.5, 0.6) is 0 Å². The van der Waals surface area contributed by atoms with Crippen molar-refractivity contribution in [1.82, 2.24) is 14.5 Å². The number of thiophene rings is 1. The van der Waals surface area contributed by atoms with Gasteiger partial charge in [-0.25, -0.2) is 9.97 Å². The molecule has 4 rings (SSSR count). The Morgan fingerprint density at radius 3 is 2.73 bits per heavy atom. The van der Waals surface area contributed by atoms with Gasteiger partial charge in [-0.15, -0.1) is 22.7 Å². The Bertz CT molecular complexity index is 899. The number of hydrogen-bond acceptors (Lipinski definition) is 5. The van der Waals surface area contributed by atoms with E-state index >= 15 is 0 Å². The summed E-state index contributed by atoms with van der Waals surface area (Å²) in [6.07, 6.45) is 1.84. The van der Waals surface area contributed by atoms with Crippen molar-refractivity contribution in [1.29, 1.82) is 0 Å². The summed E-state index contributed by atoms with van der Waals surface area (Å²) in [6.45, 7) is 4.25. The SMILES string of the molecule is Cc1cc(-c2csc(-c3ccsc3)n2)c(C)n1-c1nccs1. The van der Waals surface area contributed by atoms with Crippen molar-refractivity contribution in [3.8, 4) is 27.0 Å². The van der Waals surface area contributed by atoms with Gasteiger partial charge in [0.2, 0.25) is 0 Å². The lowest BCUT2D eigenvalue weighted by molar-refractivity contribution is 0.951. The molecule has 0 saturated heterocycles. The van der Waals surface area contributed by atoms with Gasteiger partial charge in [-0.3, -0.25) is 4.57 Å². The third-order valence-corrected chi connectivity index (χ3v) is 5.92. The van der Waals surface area contributed by atoms with Gasteiger partial charge in [-0.05, 0) is 31.4 Å². The van der Waals surface area contributed by atoms with E-state index in [-0.39, 0.29) is 0 Å². The highest BCUT2D eigenvalue weighted by molar-refractivity contribution is 7.14. The second-order valence-corrected chi connectivity index (χ2v) is 7.50. The van der Waals surface area contributed by atoms with Gasteiger partial charge in [-0.2, -0.15) is 11.3 Å². The van der Waals surface area contributed by atoms with E-state index in [1.165, 1.54) is 22.5 Å². The Morgan fingerprint density at radius 2 is 2.00 bits per heavy atom. The molecule has 0 radical (unpaired) electrons. The predicted octanol–water partition coefficient (Wildman–Crippen LogP) is 5.40. The third-order valence-electron chi connectivity index (χ3n) is 3.59. The number of aryl methyl sites for hydroxylation is 1. The Morgan fingerprint density at radius 1 is 1.09 bits per heavy atom. The van der Waals surface area contributed by atoms with Gasteiger partial charge in [0.05, 0.1) is 5.69 Å². The zero-order valence-electron chi connectivity index (χ0n) is 12.1. The normalized spacial score (nSPS) is 11.2. The molecule has 4 aromatic rings. The van der Waals surface area contributed by atoms with Crippen molar-refractivity contribution < 1.29 is 0 Å². The Hall–Kier alpha value is -1.76. The van der Waals surface area contributed by atoms with Crippen LogP contribution in [0.2, 0.25) is 0 Å². The molecule has 0 unspecified atom stereocenters. The van der Waals surface area contributed by atoms with Gasteiger partial charge in [-0.1, -0.05) is 0 Å². The highest BCUT2D eigenvalue weighted by atomic mass is 32.1. The van der Waals surface area contributed by atoms with E-state index in [4.69, 9.17) is 4.98 Å². The van der Waals surface area contributed by atoms with Gasteiger partial charge in [0.25, 0.3) is 0 Å². The summed E-state index contributed by atoms with van der Waals surface area (Å²) in [6, 6.07) is 4.31. The molecule has 4 aromatic heterocycles. The molecule has 4 heterocycles. The van der Waals surface area contributed by atoms with Crippen LogP contribution in [0.4, 0.5) is 0 Å². The van der Waals surface area contributed by atoms with Crippen molar-refractivity contribution in [3.05, 3.63) is 51.2 Å². The van der Waals surface area contributed by atoms with Crippen molar-refractivity contribution >= 4 is 34.0 Å². The highest BCUT2D eigenvalue weighted by Gasteiger charge is 2.16. The molecule has 0 spiro atoms. The molecule has 0 aliphatic heterocycles.